The van der Waals surface area contributed by atoms with Crippen LogP contribution in [-0.4, -0.2) is 40.2 Å². The third-order valence-corrected chi connectivity index (χ3v) is 8.12. The number of hydrogen-bond donors (Lipinski definition) is 2. The van der Waals surface area contributed by atoms with Gasteiger partial charge in [-0.25, -0.2) is 19.6 Å². The van der Waals surface area contributed by atoms with Gasteiger partial charge in [-0.2, -0.15) is 5.10 Å². The average molecular weight is 554 g/mol. The number of carbonyl (C=O) groups is 1. The van der Waals surface area contributed by atoms with E-state index in [1.54, 1.807) is 23.3 Å². The van der Waals surface area contributed by atoms with Gasteiger partial charge in [0.2, 0.25) is 0 Å². The van der Waals surface area contributed by atoms with Crippen LogP contribution < -0.4 is 11.1 Å². The molecule has 0 saturated heterocycles. The number of benzene rings is 1. The molecule has 206 valence electrons. The van der Waals surface area contributed by atoms with Crippen molar-refractivity contribution in [3.05, 3.63) is 108 Å². The molecule has 1 aromatic carbocycles. The van der Waals surface area contributed by atoms with Gasteiger partial charge in [0.05, 0.1) is 22.9 Å². The van der Waals surface area contributed by atoms with Crippen molar-refractivity contribution in [1.82, 2.24) is 39.6 Å². The minimum Gasteiger partial charge on any atom is -0.383 e. The number of pyridine rings is 3. The summed E-state index contributed by atoms with van der Waals surface area (Å²) in [6, 6.07) is 19.5. The maximum absolute atomic E-state index is 13.3. The van der Waals surface area contributed by atoms with Crippen molar-refractivity contribution in [2.24, 2.45) is 0 Å². The van der Waals surface area contributed by atoms with E-state index in [2.05, 4.69) is 38.6 Å². The number of rotatable bonds is 6. The predicted octanol–water partition coefficient (Wildman–Crippen LogP) is 4.94. The van der Waals surface area contributed by atoms with Crippen molar-refractivity contribution in [1.29, 1.82) is 0 Å². The van der Waals surface area contributed by atoms with Crippen LogP contribution in [0.3, 0.4) is 0 Å². The first kappa shape index (κ1) is 24.4. The van der Waals surface area contributed by atoms with E-state index < -0.39 is 0 Å². The maximum Gasteiger partial charge on any atom is 0.253 e. The van der Waals surface area contributed by atoms with Gasteiger partial charge in [-0.05, 0) is 91.4 Å². The van der Waals surface area contributed by atoms with Crippen LogP contribution in [0.25, 0.3) is 34.1 Å². The molecule has 1 amide bonds. The van der Waals surface area contributed by atoms with Crippen LogP contribution in [-0.2, 0) is 6.42 Å². The fourth-order valence-corrected chi connectivity index (χ4v) is 5.93. The highest BCUT2D eigenvalue weighted by atomic mass is 16.1. The van der Waals surface area contributed by atoms with Crippen molar-refractivity contribution >= 4 is 22.9 Å². The number of nitrogen functional groups attached to an aromatic ring is 1. The number of amides is 1. The van der Waals surface area contributed by atoms with Crippen LogP contribution in [0.4, 0.5) is 5.82 Å². The van der Waals surface area contributed by atoms with Crippen molar-refractivity contribution in [3.8, 4) is 22.9 Å². The lowest BCUT2D eigenvalue weighted by molar-refractivity contribution is 0.0935. The molecule has 1 fully saturated rings. The molecule has 5 heterocycles. The summed E-state index contributed by atoms with van der Waals surface area (Å²) in [7, 11) is 0. The minimum atomic E-state index is -0.0636. The molecule has 0 bridgehead atoms. The lowest BCUT2D eigenvalue weighted by Crippen LogP contribution is -2.28. The second-order valence-corrected chi connectivity index (χ2v) is 10.8. The van der Waals surface area contributed by atoms with Gasteiger partial charge in [0.25, 0.3) is 5.91 Å². The third-order valence-electron chi connectivity index (χ3n) is 8.12. The van der Waals surface area contributed by atoms with E-state index in [-0.39, 0.29) is 11.9 Å². The highest BCUT2D eigenvalue weighted by Crippen LogP contribution is 2.41. The molecule has 2 aliphatic rings. The van der Waals surface area contributed by atoms with Crippen molar-refractivity contribution in [3.63, 3.8) is 0 Å². The maximum atomic E-state index is 13.3. The molecule has 10 nitrogen and oxygen atoms in total. The van der Waals surface area contributed by atoms with Crippen LogP contribution in [0.2, 0.25) is 0 Å². The summed E-state index contributed by atoms with van der Waals surface area (Å²) >= 11 is 0. The minimum absolute atomic E-state index is 0.0581. The van der Waals surface area contributed by atoms with Crippen molar-refractivity contribution in [2.75, 3.05) is 5.73 Å². The molecular formula is C32H27N9O. The van der Waals surface area contributed by atoms with Crippen LogP contribution in [0, 0.1) is 0 Å². The molecule has 5 aromatic heterocycles. The fraction of sp³-hybridized carbons (Fsp3) is 0.188. The SMILES string of the molecule is Nc1ncccc1-c1nc2ccc(-n3cccn3)nc2n1-c1ccc2c(c1)CC[C@@H]2NC(=O)c1cccnc1C1CC1. The molecule has 10 heteroatoms. The zero-order valence-electron chi connectivity index (χ0n) is 22.7. The van der Waals surface area contributed by atoms with Crippen LogP contribution in [0.1, 0.15) is 58.4 Å². The number of anilines is 1. The summed E-state index contributed by atoms with van der Waals surface area (Å²) in [6.07, 6.45) is 10.9. The van der Waals surface area contributed by atoms with Gasteiger partial charge in [-0.3, -0.25) is 14.3 Å². The second-order valence-electron chi connectivity index (χ2n) is 10.8. The van der Waals surface area contributed by atoms with Crippen molar-refractivity contribution < 1.29 is 4.79 Å². The number of fused-ring (bicyclic) bond motifs is 2. The van der Waals surface area contributed by atoms with Crippen LogP contribution in [0.15, 0.2) is 85.5 Å². The van der Waals surface area contributed by atoms with Gasteiger partial charge < -0.3 is 11.1 Å². The first-order chi connectivity index (χ1) is 20.6. The molecule has 6 aromatic rings. The molecule has 8 rings (SSSR count). The van der Waals surface area contributed by atoms with Crippen molar-refractivity contribution in [2.45, 2.75) is 37.6 Å². The second kappa shape index (κ2) is 9.62. The summed E-state index contributed by atoms with van der Waals surface area (Å²) in [5.74, 6) is 2.08. The Hall–Kier alpha value is -5.38. The molecule has 3 N–H and O–H groups in total. The van der Waals surface area contributed by atoms with E-state index in [0.29, 0.717) is 34.6 Å². The zero-order valence-corrected chi connectivity index (χ0v) is 22.7. The average Bonchev–Trinajstić information content (AvgIpc) is 3.39. The number of nitrogens with zero attached hydrogens (tertiary/aromatic N) is 7. The Bertz CT molecular complexity index is 1970. The monoisotopic (exact) mass is 553 g/mol. The highest BCUT2D eigenvalue weighted by molar-refractivity contribution is 5.96. The molecule has 1 saturated carbocycles. The Kier molecular flexibility index (Phi) is 5.59. The summed E-state index contributed by atoms with van der Waals surface area (Å²) < 4.78 is 3.75. The number of nitrogens with one attached hydrogen (secondary N) is 1. The summed E-state index contributed by atoms with van der Waals surface area (Å²) in [6.45, 7) is 0. The largest absolute Gasteiger partial charge is 0.383 e. The predicted molar refractivity (Wildman–Crippen MR) is 158 cm³/mol. The van der Waals surface area contributed by atoms with Gasteiger partial charge >= 0.3 is 0 Å². The highest BCUT2D eigenvalue weighted by Gasteiger charge is 2.31. The van der Waals surface area contributed by atoms with Crippen LogP contribution in [0.5, 0.6) is 0 Å². The zero-order chi connectivity index (χ0) is 28.2. The summed E-state index contributed by atoms with van der Waals surface area (Å²) in [5.41, 5.74) is 13.3. The Morgan fingerprint density at radius 3 is 2.64 bits per heavy atom. The first-order valence-corrected chi connectivity index (χ1v) is 14.1. The lowest BCUT2D eigenvalue weighted by atomic mass is 10.1. The Labute approximate surface area is 241 Å². The molecule has 1 atom stereocenters. The van der Waals surface area contributed by atoms with Gasteiger partial charge in [-0.1, -0.05) is 6.07 Å². The third kappa shape index (κ3) is 4.11. The number of aryl methyl sites for hydroxylation is 1. The van der Waals surface area contributed by atoms with Crippen LogP contribution >= 0.6 is 0 Å². The number of aromatic nitrogens is 7. The molecule has 0 unspecified atom stereocenters. The number of carbonyl (C=O) groups excluding carboxylic acids is 1. The van der Waals surface area contributed by atoms with Gasteiger partial charge in [0, 0.05) is 36.4 Å². The van der Waals surface area contributed by atoms with E-state index in [0.717, 1.165) is 53.7 Å². The molecule has 0 spiro atoms. The topological polar surface area (TPSA) is 129 Å². The van der Waals surface area contributed by atoms with Gasteiger partial charge in [0.1, 0.15) is 11.3 Å². The molecule has 42 heavy (non-hydrogen) atoms. The van der Waals surface area contributed by atoms with Gasteiger partial charge in [-0.15, -0.1) is 0 Å². The summed E-state index contributed by atoms with van der Waals surface area (Å²) in [4.78, 5) is 32.0. The van der Waals surface area contributed by atoms with E-state index in [1.807, 2.05) is 53.2 Å². The van der Waals surface area contributed by atoms with E-state index in [9.17, 15) is 4.79 Å². The molecule has 0 aliphatic heterocycles. The molecular weight excluding hydrogens is 526 g/mol. The number of hydrogen-bond acceptors (Lipinski definition) is 7. The van der Waals surface area contributed by atoms with Gasteiger partial charge in [0.15, 0.2) is 17.3 Å². The van der Waals surface area contributed by atoms with E-state index >= 15 is 0 Å². The van der Waals surface area contributed by atoms with E-state index in [4.69, 9.17) is 15.7 Å². The lowest BCUT2D eigenvalue weighted by Gasteiger charge is -2.17. The normalized spacial score (nSPS) is 16.0. The number of nitrogens with two attached hydrogens (primary N) is 1. The molecule has 2 aliphatic carbocycles. The Morgan fingerprint density at radius 2 is 1.81 bits per heavy atom. The standard InChI is InChI=1S/C32H27N9O/c33-29-24(5-2-15-35-29)30-37-26-12-13-27(40-17-3-16-36-40)39-31(26)41(30)21-9-10-22-20(18-21)8-11-25(22)38-32(42)23-4-1-14-34-28(23)19-6-7-19/h1-5,9-10,12-19,25H,6-8,11H2,(H2,33,35)(H,38,42)/t25-/m0/s1. The van der Waals surface area contributed by atoms with E-state index in [1.165, 1.54) is 5.56 Å². The first-order valence-electron chi connectivity index (χ1n) is 14.1. The molecule has 0 radical (unpaired) electrons. The Morgan fingerprint density at radius 1 is 0.929 bits per heavy atom. The Balaban J connectivity index is 1.19. The smallest absolute Gasteiger partial charge is 0.253 e. The summed E-state index contributed by atoms with van der Waals surface area (Å²) in [5, 5.41) is 7.63. The number of imidazole rings is 1. The quantitative estimate of drug-likeness (QED) is 0.299. The fourth-order valence-electron chi connectivity index (χ4n) is 5.93.